The number of hydrogen-bond acceptors (Lipinski definition) is 3. The minimum absolute atomic E-state index is 0.0642. The molecule has 2 aromatic carbocycles. The van der Waals surface area contributed by atoms with Crippen LogP contribution in [-0.4, -0.2) is 18.0 Å². The number of nitrogens with zero attached hydrogens (tertiary/aromatic N) is 1. The van der Waals surface area contributed by atoms with E-state index in [1.54, 1.807) is 6.07 Å². The molecule has 108 valence electrons. The Morgan fingerprint density at radius 2 is 2.05 bits per heavy atom. The zero-order valence-corrected chi connectivity index (χ0v) is 11.9. The highest BCUT2D eigenvalue weighted by molar-refractivity contribution is 6.67. The van der Waals surface area contributed by atoms with Crippen LogP contribution in [0.2, 0.25) is 6.82 Å². The van der Waals surface area contributed by atoms with Crippen molar-refractivity contribution in [2.75, 3.05) is 0 Å². The van der Waals surface area contributed by atoms with Crippen molar-refractivity contribution in [2.24, 2.45) is 0 Å². The average molecular weight is 293 g/mol. The highest BCUT2D eigenvalue weighted by atomic mass is 16.5. The summed E-state index contributed by atoms with van der Waals surface area (Å²) in [6.07, 6.45) is 0. The number of rotatable bonds is 3. The summed E-state index contributed by atoms with van der Waals surface area (Å²) >= 11 is 0. The number of carboxylic acids is 1. The molecule has 0 aromatic heterocycles. The second-order valence-corrected chi connectivity index (χ2v) is 5.01. The normalized spacial score (nSPS) is 12.6. The van der Waals surface area contributed by atoms with Gasteiger partial charge in [0.15, 0.2) is 0 Å². The van der Waals surface area contributed by atoms with Gasteiger partial charge in [-0.3, -0.25) is 0 Å². The van der Waals surface area contributed by atoms with Crippen LogP contribution >= 0.6 is 0 Å². The highest BCUT2D eigenvalue weighted by Crippen LogP contribution is 2.29. The molecule has 0 spiro atoms. The largest absolute Gasteiger partial charge is 0.479 e. The maximum absolute atomic E-state index is 11.2. The SMILES string of the molecule is [C-]#[N+]c1ccc(Oc2ccc3c(c2)COB3C)cc1C(=O)O. The Hall–Kier alpha value is -2.78. The molecule has 0 radical (unpaired) electrons. The van der Waals surface area contributed by atoms with Gasteiger partial charge in [-0.2, -0.15) is 0 Å². The zero-order valence-electron chi connectivity index (χ0n) is 11.9. The van der Waals surface area contributed by atoms with Crippen LogP contribution < -0.4 is 10.2 Å². The second-order valence-electron chi connectivity index (χ2n) is 5.01. The lowest BCUT2D eigenvalue weighted by molar-refractivity contribution is 0.0698. The molecule has 1 aliphatic heterocycles. The molecule has 1 aliphatic rings. The van der Waals surface area contributed by atoms with Crippen molar-refractivity contribution in [3.05, 3.63) is 58.9 Å². The van der Waals surface area contributed by atoms with Crippen LogP contribution in [-0.2, 0) is 11.3 Å². The first-order valence-corrected chi connectivity index (χ1v) is 6.75. The van der Waals surface area contributed by atoms with Gasteiger partial charge in [-0.05, 0) is 35.3 Å². The molecule has 6 heteroatoms. The summed E-state index contributed by atoms with van der Waals surface area (Å²) in [5, 5.41) is 9.13. The summed E-state index contributed by atoms with van der Waals surface area (Å²) in [7, 11) is 0. The molecule has 0 fully saturated rings. The molecule has 2 aromatic rings. The van der Waals surface area contributed by atoms with Gasteiger partial charge in [0.25, 0.3) is 0 Å². The molecule has 1 N–H and O–H groups in total. The number of aromatic carboxylic acids is 1. The van der Waals surface area contributed by atoms with Crippen LogP contribution in [0.4, 0.5) is 5.69 Å². The van der Waals surface area contributed by atoms with E-state index < -0.39 is 5.97 Å². The van der Waals surface area contributed by atoms with E-state index in [1.165, 1.54) is 12.1 Å². The Morgan fingerprint density at radius 1 is 1.32 bits per heavy atom. The minimum atomic E-state index is -1.15. The monoisotopic (exact) mass is 293 g/mol. The molecule has 3 rings (SSSR count). The minimum Gasteiger partial charge on any atom is -0.479 e. The first-order valence-electron chi connectivity index (χ1n) is 6.75. The Kier molecular flexibility index (Phi) is 3.57. The fraction of sp³-hybridized carbons (Fsp3) is 0.125. The van der Waals surface area contributed by atoms with Crippen LogP contribution in [0.5, 0.6) is 11.5 Å². The summed E-state index contributed by atoms with van der Waals surface area (Å²) in [5.74, 6) is -0.146. The first kappa shape index (κ1) is 14.2. The van der Waals surface area contributed by atoms with Gasteiger partial charge in [0.2, 0.25) is 5.69 Å². The van der Waals surface area contributed by atoms with Crippen molar-refractivity contribution in [3.8, 4) is 11.5 Å². The van der Waals surface area contributed by atoms with E-state index >= 15 is 0 Å². The summed E-state index contributed by atoms with van der Waals surface area (Å²) < 4.78 is 11.3. The van der Waals surface area contributed by atoms with Gasteiger partial charge in [-0.1, -0.05) is 19.0 Å². The second kappa shape index (κ2) is 5.55. The average Bonchev–Trinajstić information content (AvgIpc) is 2.88. The van der Waals surface area contributed by atoms with Gasteiger partial charge < -0.3 is 14.5 Å². The number of carbonyl (C=O) groups is 1. The zero-order chi connectivity index (χ0) is 15.7. The van der Waals surface area contributed by atoms with Gasteiger partial charge >= 0.3 is 12.9 Å². The van der Waals surface area contributed by atoms with E-state index in [0.717, 1.165) is 11.0 Å². The third kappa shape index (κ3) is 2.54. The molecule has 0 unspecified atom stereocenters. The molecule has 22 heavy (non-hydrogen) atoms. The summed E-state index contributed by atoms with van der Waals surface area (Å²) in [5.41, 5.74) is 2.24. The van der Waals surface area contributed by atoms with Crippen LogP contribution in [0.15, 0.2) is 36.4 Å². The topological polar surface area (TPSA) is 60.1 Å². The van der Waals surface area contributed by atoms with Crippen LogP contribution in [0.3, 0.4) is 0 Å². The van der Waals surface area contributed by atoms with Gasteiger partial charge in [-0.15, -0.1) is 0 Å². The van der Waals surface area contributed by atoms with Crippen LogP contribution in [0.1, 0.15) is 15.9 Å². The van der Waals surface area contributed by atoms with E-state index in [1.807, 2.05) is 25.0 Å². The Bertz CT molecular complexity index is 797. The van der Waals surface area contributed by atoms with E-state index in [4.69, 9.17) is 21.1 Å². The van der Waals surface area contributed by atoms with Crippen molar-refractivity contribution in [2.45, 2.75) is 13.4 Å². The lowest BCUT2D eigenvalue weighted by Gasteiger charge is -2.09. The standard InChI is InChI=1S/C16H12BNO4/c1-17-14-5-3-11(7-10(14)9-21-17)22-12-4-6-15(18-2)13(8-12)16(19)20/h3-8H,9H2,1H3,(H,19,20). The molecular formula is C16H12BNO4. The molecule has 0 aliphatic carbocycles. The van der Waals surface area contributed by atoms with Gasteiger partial charge in [0.1, 0.15) is 11.5 Å². The Balaban J connectivity index is 1.89. The fourth-order valence-corrected chi connectivity index (χ4v) is 2.46. The third-order valence-electron chi connectivity index (χ3n) is 3.60. The quantitative estimate of drug-likeness (QED) is 0.698. The number of carboxylic acid groups (broad SMARTS) is 1. The van der Waals surface area contributed by atoms with E-state index in [9.17, 15) is 4.79 Å². The van der Waals surface area contributed by atoms with Crippen molar-refractivity contribution in [3.63, 3.8) is 0 Å². The molecule has 0 saturated carbocycles. The number of benzene rings is 2. The summed E-state index contributed by atoms with van der Waals surface area (Å²) in [6, 6.07) is 10.1. The maximum atomic E-state index is 11.2. The van der Waals surface area contributed by atoms with E-state index in [-0.39, 0.29) is 18.2 Å². The summed E-state index contributed by atoms with van der Waals surface area (Å²) in [4.78, 5) is 14.4. The van der Waals surface area contributed by atoms with Crippen LogP contribution in [0, 0.1) is 6.57 Å². The van der Waals surface area contributed by atoms with Crippen molar-refractivity contribution < 1.29 is 19.3 Å². The molecule has 5 nitrogen and oxygen atoms in total. The lowest BCUT2D eigenvalue weighted by Crippen LogP contribution is -2.23. The fourth-order valence-electron chi connectivity index (χ4n) is 2.46. The third-order valence-corrected chi connectivity index (χ3v) is 3.60. The molecule has 1 heterocycles. The van der Waals surface area contributed by atoms with E-state index in [0.29, 0.717) is 18.1 Å². The van der Waals surface area contributed by atoms with Crippen molar-refractivity contribution >= 4 is 24.0 Å². The lowest BCUT2D eigenvalue weighted by atomic mass is 9.64. The maximum Gasteiger partial charge on any atom is 0.325 e. The Labute approximate surface area is 128 Å². The van der Waals surface area contributed by atoms with Gasteiger partial charge in [-0.25, -0.2) is 9.64 Å². The number of ether oxygens (including phenoxy) is 1. The number of fused-ring (bicyclic) bond motifs is 1. The number of hydrogen-bond donors (Lipinski definition) is 1. The molecule has 0 saturated heterocycles. The molecular weight excluding hydrogens is 281 g/mol. The van der Waals surface area contributed by atoms with Gasteiger partial charge in [0, 0.05) is 0 Å². The molecule has 0 atom stereocenters. The van der Waals surface area contributed by atoms with E-state index in [2.05, 4.69) is 4.85 Å². The molecule has 0 bridgehead atoms. The van der Waals surface area contributed by atoms with Crippen LogP contribution in [0.25, 0.3) is 4.85 Å². The molecule has 0 amide bonds. The predicted molar refractivity (Wildman–Crippen MR) is 82.2 cm³/mol. The first-order chi connectivity index (χ1) is 10.6. The highest BCUT2D eigenvalue weighted by Gasteiger charge is 2.23. The van der Waals surface area contributed by atoms with Crippen molar-refractivity contribution in [1.82, 2.24) is 0 Å². The van der Waals surface area contributed by atoms with Crippen molar-refractivity contribution in [1.29, 1.82) is 0 Å². The summed E-state index contributed by atoms with van der Waals surface area (Å²) in [6.45, 7) is 9.60. The smallest absolute Gasteiger partial charge is 0.325 e. The predicted octanol–water partition coefficient (Wildman–Crippen LogP) is 3.09. The van der Waals surface area contributed by atoms with Gasteiger partial charge in [0.05, 0.1) is 18.7 Å². The Morgan fingerprint density at radius 3 is 2.77 bits per heavy atom.